The van der Waals surface area contributed by atoms with Gasteiger partial charge >= 0.3 is 5.97 Å². The van der Waals surface area contributed by atoms with Crippen LogP contribution >= 0.6 is 0 Å². The van der Waals surface area contributed by atoms with Crippen LogP contribution in [0.1, 0.15) is 35.7 Å². The van der Waals surface area contributed by atoms with E-state index in [1.165, 1.54) is 31.6 Å². The van der Waals surface area contributed by atoms with Crippen molar-refractivity contribution in [3.05, 3.63) is 59.9 Å². The molecule has 0 fully saturated rings. The summed E-state index contributed by atoms with van der Waals surface area (Å²) in [4.78, 5) is 15.4. The van der Waals surface area contributed by atoms with Crippen LogP contribution in [-0.2, 0) is 11.3 Å². The summed E-state index contributed by atoms with van der Waals surface area (Å²) < 4.78 is 35.4. The summed E-state index contributed by atoms with van der Waals surface area (Å²) in [7, 11) is 1.32. The van der Waals surface area contributed by atoms with Crippen molar-refractivity contribution in [2.75, 3.05) is 11.4 Å². The van der Waals surface area contributed by atoms with Gasteiger partial charge in [0.1, 0.15) is 12.0 Å². The van der Waals surface area contributed by atoms with E-state index < -0.39 is 17.2 Å². The van der Waals surface area contributed by atoms with Gasteiger partial charge in [-0.2, -0.15) is 4.98 Å². The molecule has 1 atom stereocenters. The Bertz CT molecular complexity index is 1050. The normalized spacial score (nSPS) is 12.0. The summed E-state index contributed by atoms with van der Waals surface area (Å²) in [6, 6.07) is 11.5. The highest BCUT2D eigenvalue weighted by atomic mass is 32.2. The zero-order valence-electron chi connectivity index (χ0n) is 16.0. The van der Waals surface area contributed by atoms with Crippen molar-refractivity contribution in [1.82, 2.24) is 4.98 Å². The molecule has 0 spiro atoms. The topological polar surface area (TPSA) is 116 Å². The van der Waals surface area contributed by atoms with Crippen LogP contribution in [0.2, 0.25) is 0 Å². The van der Waals surface area contributed by atoms with Crippen LogP contribution < -0.4 is 9.04 Å². The van der Waals surface area contributed by atoms with Crippen molar-refractivity contribution in [3.63, 3.8) is 0 Å². The maximum atomic E-state index is 11.9. The summed E-state index contributed by atoms with van der Waals surface area (Å²) in [6.45, 7) is 4.17. The highest BCUT2D eigenvalue weighted by molar-refractivity contribution is 7.81. The minimum absolute atomic E-state index is 0.0163. The van der Waals surface area contributed by atoms with Gasteiger partial charge in [0.2, 0.25) is 5.89 Å². The van der Waals surface area contributed by atoms with Crippen molar-refractivity contribution < 1.29 is 27.8 Å². The first-order valence-electron chi connectivity index (χ1n) is 8.68. The third-order valence-electron chi connectivity index (χ3n) is 4.32. The second-order valence-electron chi connectivity index (χ2n) is 6.49. The van der Waals surface area contributed by atoms with Crippen LogP contribution in [0.3, 0.4) is 0 Å². The third-order valence-corrected chi connectivity index (χ3v) is 5.00. The van der Waals surface area contributed by atoms with E-state index in [0.717, 1.165) is 9.87 Å². The molecule has 2 aromatic carbocycles. The van der Waals surface area contributed by atoms with Gasteiger partial charge < -0.3 is 18.8 Å². The predicted octanol–water partition coefficient (Wildman–Crippen LogP) is 4.10. The number of oxazole rings is 1. The molecule has 1 aromatic heterocycles. The first kappa shape index (κ1) is 20.6. The lowest BCUT2D eigenvalue weighted by atomic mass is 10.0. The quantitative estimate of drug-likeness (QED) is 0.577. The van der Waals surface area contributed by atoms with Crippen molar-refractivity contribution in [1.29, 1.82) is 0 Å². The summed E-state index contributed by atoms with van der Waals surface area (Å²) in [5, 5.41) is 9.13. The van der Waals surface area contributed by atoms with Gasteiger partial charge in [0.05, 0.1) is 29.6 Å². The average molecular weight is 415 g/mol. The van der Waals surface area contributed by atoms with Gasteiger partial charge in [-0.05, 0) is 41.8 Å². The number of anilines is 2. The van der Waals surface area contributed by atoms with Gasteiger partial charge in [0.25, 0.3) is 0 Å². The second kappa shape index (κ2) is 8.46. The minimum Gasteiger partial charge on any atom is -0.755 e. The van der Waals surface area contributed by atoms with E-state index in [2.05, 4.69) is 18.8 Å². The number of hydrogen-bond acceptors (Lipinski definition) is 6. The molecule has 3 rings (SSSR count). The van der Waals surface area contributed by atoms with Gasteiger partial charge in [-0.25, -0.2) is 9.10 Å². The zero-order chi connectivity index (χ0) is 21.1. The fraction of sp³-hybridized carbons (Fsp3) is 0.200. The molecule has 3 aromatic rings. The Kier molecular flexibility index (Phi) is 6.00. The summed E-state index contributed by atoms with van der Waals surface area (Å²) in [5.41, 5.74) is 1.94. The van der Waals surface area contributed by atoms with E-state index in [1.54, 1.807) is 0 Å². The number of carboxylic acids is 1. The van der Waals surface area contributed by atoms with Gasteiger partial charge in [0, 0.05) is 5.56 Å². The van der Waals surface area contributed by atoms with Crippen molar-refractivity contribution in [3.8, 4) is 17.2 Å². The molecule has 152 valence electrons. The Labute approximate surface area is 170 Å². The molecule has 0 radical (unpaired) electrons. The first-order chi connectivity index (χ1) is 13.8. The van der Waals surface area contributed by atoms with Crippen LogP contribution in [0, 0.1) is 0 Å². The smallest absolute Gasteiger partial charge is 0.335 e. The second-order valence-corrected chi connectivity index (χ2v) is 7.29. The highest BCUT2D eigenvalue weighted by Crippen LogP contribution is 2.36. The molecule has 1 N–H and O–H groups in total. The van der Waals surface area contributed by atoms with Gasteiger partial charge in [0.15, 0.2) is 5.82 Å². The summed E-state index contributed by atoms with van der Waals surface area (Å²) >= 11 is -2.75. The number of rotatable bonds is 7. The van der Waals surface area contributed by atoms with Gasteiger partial charge in [-0.15, -0.1) is 0 Å². The molecule has 0 saturated carbocycles. The molecule has 0 aliphatic rings. The van der Waals surface area contributed by atoms with E-state index in [0.29, 0.717) is 11.5 Å². The number of carboxylic acid groups (broad SMARTS) is 1. The predicted molar refractivity (Wildman–Crippen MR) is 107 cm³/mol. The van der Waals surface area contributed by atoms with E-state index in [9.17, 15) is 13.6 Å². The van der Waals surface area contributed by atoms with E-state index in [4.69, 9.17) is 14.3 Å². The van der Waals surface area contributed by atoms with Crippen LogP contribution in [0.5, 0.6) is 5.75 Å². The standard InChI is InChI=1S/C20H20N2O6S/c1-12(2)13-4-6-14(7-5-13)19-21-18(11-28-19)22(29(25)26)16-9-8-15(20(23)24)10-17(16)27-3/h4-12H,1-3H3,(H,23,24)(H,25,26)/p-1. The fourth-order valence-electron chi connectivity index (χ4n) is 2.76. The van der Waals surface area contributed by atoms with E-state index >= 15 is 0 Å². The number of aromatic nitrogens is 1. The Morgan fingerprint density at radius 2 is 1.93 bits per heavy atom. The molecule has 0 aliphatic carbocycles. The molecule has 0 bridgehead atoms. The average Bonchev–Trinajstić information content (AvgIpc) is 3.17. The van der Waals surface area contributed by atoms with Crippen molar-refractivity contribution in [2.45, 2.75) is 19.8 Å². The molecular formula is C20H19N2O6S-. The Morgan fingerprint density at radius 1 is 1.24 bits per heavy atom. The number of carbonyl (C=O) groups is 1. The molecule has 8 nitrogen and oxygen atoms in total. The molecule has 9 heteroatoms. The first-order valence-corrected chi connectivity index (χ1v) is 9.71. The van der Waals surface area contributed by atoms with E-state index in [-0.39, 0.29) is 28.7 Å². The lowest BCUT2D eigenvalue weighted by molar-refractivity contribution is 0.0696. The Hall–Kier alpha value is -3.17. The molecule has 0 aliphatic heterocycles. The molecule has 0 saturated heterocycles. The molecule has 1 unspecified atom stereocenters. The zero-order valence-corrected chi connectivity index (χ0v) is 16.8. The van der Waals surface area contributed by atoms with Crippen LogP contribution in [0.15, 0.2) is 53.1 Å². The molecular weight excluding hydrogens is 396 g/mol. The minimum atomic E-state index is -2.75. The van der Waals surface area contributed by atoms with Gasteiger partial charge in [-0.1, -0.05) is 26.0 Å². The van der Waals surface area contributed by atoms with Crippen LogP contribution in [0.4, 0.5) is 11.5 Å². The SMILES string of the molecule is COc1cc(C(=O)O)ccc1N(c1coc(-c2ccc(C(C)C)cc2)n1)S(=O)[O-]. The lowest BCUT2D eigenvalue weighted by Gasteiger charge is -2.25. The maximum Gasteiger partial charge on any atom is 0.335 e. The Morgan fingerprint density at radius 3 is 2.48 bits per heavy atom. The molecule has 29 heavy (non-hydrogen) atoms. The van der Waals surface area contributed by atoms with Crippen molar-refractivity contribution >= 4 is 28.7 Å². The molecule has 0 amide bonds. The van der Waals surface area contributed by atoms with Crippen LogP contribution in [0.25, 0.3) is 11.5 Å². The highest BCUT2D eigenvalue weighted by Gasteiger charge is 2.21. The van der Waals surface area contributed by atoms with Gasteiger partial charge in [-0.3, -0.25) is 4.21 Å². The summed E-state index contributed by atoms with van der Waals surface area (Å²) in [6.07, 6.45) is 1.21. The number of ether oxygens (including phenoxy) is 1. The number of methoxy groups -OCH3 is 1. The monoisotopic (exact) mass is 415 g/mol. The summed E-state index contributed by atoms with van der Waals surface area (Å²) in [5.74, 6) is -0.434. The number of nitrogens with zero attached hydrogens (tertiary/aromatic N) is 2. The van der Waals surface area contributed by atoms with Crippen molar-refractivity contribution in [2.24, 2.45) is 0 Å². The lowest BCUT2D eigenvalue weighted by Crippen LogP contribution is -2.20. The number of benzene rings is 2. The Balaban J connectivity index is 1.99. The van der Waals surface area contributed by atoms with E-state index in [1.807, 2.05) is 24.3 Å². The number of hydrogen-bond donors (Lipinski definition) is 1. The third kappa shape index (κ3) is 4.30. The maximum absolute atomic E-state index is 11.9. The largest absolute Gasteiger partial charge is 0.755 e. The molecule has 1 heterocycles. The van der Waals surface area contributed by atoms with Crippen LogP contribution in [-0.4, -0.2) is 31.9 Å². The fourth-order valence-corrected chi connectivity index (χ4v) is 3.31. The number of aromatic carboxylic acids is 1.